The predicted octanol–water partition coefficient (Wildman–Crippen LogP) is 3.32. The molecule has 6 rings (SSSR count). The van der Waals surface area contributed by atoms with Crippen molar-refractivity contribution >= 4 is 29.7 Å². The van der Waals surface area contributed by atoms with Gasteiger partial charge in [0.05, 0.1) is 17.8 Å². The summed E-state index contributed by atoms with van der Waals surface area (Å²) in [5, 5.41) is 2.31. The Balaban J connectivity index is 1.37. The molecule has 4 bridgehead atoms. The van der Waals surface area contributed by atoms with E-state index in [1.165, 1.54) is 25.5 Å². The van der Waals surface area contributed by atoms with Gasteiger partial charge in [-0.2, -0.15) is 0 Å². The molecule has 5 fully saturated rings. The standard InChI is InChI=1S/C23H27N3O4/c1-2-30-18-5-3-17(4-6-18)26-21(28)19(20(27)25-22(26)29)13-24-23-10-14-7-15(11-23)9-16(8-14)12-23/h3-6,13-16,19H,2,7-12H2,1H3,(H,25,27,29)/t14?,15?,16?,19-,23?/m1/s1. The molecule has 30 heavy (non-hydrogen) atoms. The zero-order valence-corrected chi connectivity index (χ0v) is 17.2. The molecule has 4 amide bonds. The van der Waals surface area contributed by atoms with Crippen molar-refractivity contribution < 1.29 is 19.1 Å². The van der Waals surface area contributed by atoms with Gasteiger partial charge in [-0.15, -0.1) is 0 Å². The summed E-state index contributed by atoms with van der Waals surface area (Å²) in [6, 6.07) is 5.97. The van der Waals surface area contributed by atoms with Crippen LogP contribution < -0.4 is 15.0 Å². The van der Waals surface area contributed by atoms with Crippen molar-refractivity contribution in [1.29, 1.82) is 0 Å². The Morgan fingerprint density at radius 2 is 1.67 bits per heavy atom. The summed E-state index contributed by atoms with van der Waals surface area (Å²) in [7, 11) is 0. The maximum absolute atomic E-state index is 13.1. The first-order valence-electron chi connectivity index (χ1n) is 10.9. The summed E-state index contributed by atoms with van der Waals surface area (Å²) in [5.74, 6) is 0.607. The SMILES string of the molecule is CCOc1ccc(N2C(=O)NC(=O)[C@@H](C=NC34CC5CC(CC(C5)C3)C4)C2=O)cc1. The highest BCUT2D eigenvalue weighted by atomic mass is 16.5. The number of rotatable bonds is 5. The molecule has 1 aromatic carbocycles. The van der Waals surface area contributed by atoms with Crippen LogP contribution in [0.4, 0.5) is 10.5 Å². The van der Waals surface area contributed by atoms with Gasteiger partial charge in [0.2, 0.25) is 5.91 Å². The maximum atomic E-state index is 13.1. The van der Waals surface area contributed by atoms with E-state index in [1.54, 1.807) is 24.3 Å². The largest absolute Gasteiger partial charge is 0.494 e. The minimum Gasteiger partial charge on any atom is -0.494 e. The second kappa shape index (κ2) is 7.22. The van der Waals surface area contributed by atoms with Crippen LogP contribution >= 0.6 is 0 Å². The van der Waals surface area contributed by atoms with Gasteiger partial charge in [-0.25, -0.2) is 9.69 Å². The Hall–Kier alpha value is -2.70. The van der Waals surface area contributed by atoms with Gasteiger partial charge in [0.15, 0.2) is 5.92 Å². The summed E-state index contributed by atoms with van der Waals surface area (Å²) >= 11 is 0. The van der Waals surface area contributed by atoms with Gasteiger partial charge >= 0.3 is 6.03 Å². The normalized spacial score (nSPS) is 35.2. The topological polar surface area (TPSA) is 88.1 Å². The number of benzene rings is 1. The molecule has 0 aromatic heterocycles. The number of nitrogens with one attached hydrogen (secondary N) is 1. The van der Waals surface area contributed by atoms with Crippen LogP contribution in [0.1, 0.15) is 45.4 Å². The lowest BCUT2D eigenvalue weighted by Gasteiger charge is -2.55. The molecular formula is C23H27N3O4. The molecule has 4 saturated carbocycles. The highest BCUT2D eigenvalue weighted by molar-refractivity contribution is 6.32. The van der Waals surface area contributed by atoms with E-state index in [1.807, 2.05) is 6.92 Å². The summed E-state index contributed by atoms with van der Waals surface area (Å²) in [6.07, 6.45) is 8.59. The van der Waals surface area contributed by atoms with Gasteiger partial charge < -0.3 is 4.74 Å². The van der Waals surface area contributed by atoms with E-state index >= 15 is 0 Å². The van der Waals surface area contributed by atoms with Crippen molar-refractivity contribution in [3.05, 3.63) is 24.3 Å². The Morgan fingerprint density at radius 3 is 2.23 bits per heavy atom. The van der Waals surface area contributed by atoms with Crippen LogP contribution in [-0.2, 0) is 9.59 Å². The Morgan fingerprint density at radius 1 is 1.07 bits per heavy atom. The molecule has 1 saturated heterocycles. The van der Waals surface area contributed by atoms with Crippen LogP contribution in [0.25, 0.3) is 0 Å². The maximum Gasteiger partial charge on any atom is 0.335 e. The van der Waals surface area contributed by atoms with Crippen LogP contribution in [0.2, 0.25) is 0 Å². The van der Waals surface area contributed by atoms with Gasteiger partial charge in [0.1, 0.15) is 5.75 Å². The lowest BCUT2D eigenvalue weighted by Crippen LogP contribution is -2.59. The van der Waals surface area contributed by atoms with Crippen molar-refractivity contribution in [2.24, 2.45) is 28.7 Å². The highest BCUT2D eigenvalue weighted by Gasteiger charge is 2.51. The quantitative estimate of drug-likeness (QED) is 0.597. The summed E-state index contributed by atoms with van der Waals surface area (Å²) < 4.78 is 5.42. The van der Waals surface area contributed by atoms with Gasteiger partial charge in [-0.05, 0) is 87.5 Å². The number of hydrogen-bond acceptors (Lipinski definition) is 5. The fraction of sp³-hybridized carbons (Fsp3) is 0.565. The van der Waals surface area contributed by atoms with Crippen LogP contribution in [-0.4, -0.2) is 36.2 Å². The lowest BCUT2D eigenvalue weighted by molar-refractivity contribution is -0.131. The summed E-state index contributed by atoms with van der Waals surface area (Å²) in [6.45, 7) is 2.41. The van der Waals surface area contributed by atoms with Gasteiger partial charge in [-0.3, -0.25) is 19.9 Å². The first-order valence-corrected chi connectivity index (χ1v) is 10.9. The molecule has 5 aliphatic rings. The second-order valence-corrected chi connectivity index (χ2v) is 9.29. The Labute approximate surface area is 175 Å². The predicted molar refractivity (Wildman–Crippen MR) is 112 cm³/mol. The number of carbonyl (C=O) groups excluding carboxylic acids is 3. The number of amides is 4. The van der Waals surface area contributed by atoms with Crippen LogP contribution in [0.3, 0.4) is 0 Å². The number of barbiturate groups is 1. The first-order chi connectivity index (χ1) is 14.5. The zero-order valence-electron chi connectivity index (χ0n) is 17.2. The number of ether oxygens (including phenoxy) is 1. The lowest BCUT2D eigenvalue weighted by atomic mass is 9.53. The smallest absolute Gasteiger partial charge is 0.335 e. The number of anilines is 1. The number of nitrogens with zero attached hydrogens (tertiary/aromatic N) is 2. The molecule has 0 spiro atoms. The molecular weight excluding hydrogens is 382 g/mol. The van der Waals surface area contributed by atoms with Gasteiger partial charge in [-0.1, -0.05) is 0 Å². The Bertz CT molecular complexity index is 872. The molecule has 1 atom stereocenters. The van der Waals surface area contributed by atoms with Crippen LogP contribution in [0.15, 0.2) is 29.3 Å². The molecule has 1 aliphatic heterocycles. The van der Waals surface area contributed by atoms with Crippen molar-refractivity contribution in [3.8, 4) is 5.75 Å². The fourth-order valence-electron chi connectivity index (χ4n) is 6.28. The molecule has 1 N–H and O–H groups in total. The van der Waals surface area contributed by atoms with Crippen molar-refractivity contribution in [1.82, 2.24) is 5.32 Å². The van der Waals surface area contributed by atoms with E-state index in [0.717, 1.165) is 41.9 Å². The third-order valence-electron chi connectivity index (χ3n) is 7.11. The third kappa shape index (κ3) is 3.30. The van der Waals surface area contributed by atoms with E-state index in [-0.39, 0.29) is 5.54 Å². The van der Waals surface area contributed by atoms with E-state index in [0.29, 0.717) is 18.0 Å². The number of aliphatic imine (C=N–C) groups is 1. The van der Waals surface area contributed by atoms with Crippen LogP contribution in [0.5, 0.6) is 5.75 Å². The molecule has 4 aliphatic carbocycles. The second-order valence-electron chi connectivity index (χ2n) is 9.29. The summed E-state index contributed by atoms with van der Waals surface area (Å²) in [4.78, 5) is 43.8. The zero-order chi connectivity index (χ0) is 20.9. The first kappa shape index (κ1) is 19.3. The van der Waals surface area contributed by atoms with E-state index in [9.17, 15) is 14.4 Å². The average molecular weight is 409 g/mol. The number of carbonyl (C=O) groups is 3. The molecule has 158 valence electrons. The van der Waals surface area contributed by atoms with E-state index < -0.39 is 23.8 Å². The molecule has 7 heteroatoms. The minimum atomic E-state index is -1.08. The number of hydrogen-bond donors (Lipinski definition) is 1. The molecule has 7 nitrogen and oxygen atoms in total. The van der Waals surface area contributed by atoms with Gasteiger partial charge in [0, 0.05) is 6.21 Å². The highest BCUT2D eigenvalue weighted by Crippen LogP contribution is 2.57. The Kier molecular flexibility index (Phi) is 4.64. The molecule has 0 radical (unpaired) electrons. The fourth-order valence-corrected chi connectivity index (χ4v) is 6.28. The van der Waals surface area contributed by atoms with Crippen molar-refractivity contribution in [2.75, 3.05) is 11.5 Å². The van der Waals surface area contributed by atoms with E-state index in [4.69, 9.17) is 9.73 Å². The van der Waals surface area contributed by atoms with Crippen molar-refractivity contribution in [2.45, 2.75) is 51.0 Å². The third-order valence-corrected chi connectivity index (χ3v) is 7.11. The van der Waals surface area contributed by atoms with Crippen LogP contribution in [0, 0.1) is 23.7 Å². The minimum absolute atomic E-state index is 0.124. The molecule has 1 aromatic rings. The van der Waals surface area contributed by atoms with Gasteiger partial charge in [0.25, 0.3) is 5.91 Å². The summed E-state index contributed by atoms with van der Waals surface area (Å²) in [5.41, 5.74) is 0.280. The monoisotopic (exact) mass is 409 g/mol. The molecule has 1 heterocycles. The van der Waals surface area contributed by atoms with E-state index in [2.05, 4.69) is 5.32 Å². The number of urea groups is 1. The molecule has 0 unspecified atom stereocenters. The number of imide groups is 2. The average Bonchev–Trinajstić information content (AvgIpc) is 2.68. The van der Waals surface area contributed by atoms with Crippen molar-refractivity contribution in [3.63, 3.8) is 0 Å².